The Bertz CT molecular complexity index is 1330. The number of aliphatic hydroxyl groups excluding tert-OH is 1. The second kappa shape index (κ2) is 16.7. The van der Waals surface area contributed by atoms with Crippen molar-refractivity contribution >= 4 is 11.5 Å². The number of allylic oxidation sites excluding steroid dienone is 3. The maximum Gasteiger partial charge on any atom is 0.304 e. The lowest BCUT2D eigenvalue weighted by Gasteiger charge is -2.23. The maximum absolute atomic E-state index is 10.7. The smallest absolute Gasteiger partial charge is 0.304 e. The molecule has 3 N–H and O–H groups in total. The Morgan fingerprint density at radius 3 is 2.28 bits per heavy atom. The summed E-state index contributed by atoms with van der Waals surface area (Å²) < 4.78 is 12.6. The molecule has 0 aromatic heterocycles. The fourth-order valence-corrected chi connectivity index (χ4v) is 5.28. The van der Waals surface area contributed by atoms with E-state index in [9.17, 15) is 9.90 Å². The van der Waals surface area contributed by atoms with Crippen LogP contribution in [0.3, 0.4) is 0 Å². The third-order valence-electron chi connectivity index (χ3n) is 7.93. The highest BCUT2D eigenvalue weighted by atomic mass is 16.5. The van der Waals surface area contributed by atoms with Crippen LogP contribution in [0.1, 0.15) is 87.8 Å². The molecule has 3 aromatic carbocycles. The van der Waals surface area contributed by atoms with Crippen molar-refractivity contribution in [3.63, 3.8) is 0 Å². The predicted octanol–water partition coefficient (Wildman–Crippen LogP) is 8.26. The van der Waals surface area contributed by atoms with E-state index in [4.69, 9.17) is 14.6 Å². The maximum atomic E-state index is 10.7. The van der Waals surface area contributed by atoms with E-state index in [0.29, 0.717) is 18.1 Å². The summed E-state index contributed by atoms with van der Waals surface area (Å²) in [6.45, 7) is 5.22. The molecule has 0 heterocycles. The first-order valence-corrected chi connectivity index (χ1v) is 15.5. The number of carboxylic acids is 1. The van der Waals surface area contributed by atoms with Crippen molar-refractivity contribution in [3.8, 4) is 11.5 Å². The van der Waals surface area contributed by atoms with Gasteiger partial charge in [-0.15, -0.1) is 0 Å². The molecule has 1 aliphatic rings. The average molecular weight is 584 g/mol. The Labute approximate surface area is 256 Å². The lowest BCUT2D eigenvalue weighted by atomic mass is 9.86. The molecule has 3 aromatic rings. The van der Waals surface area contributed by atoms with Gasteiger partial charge in [0.1, 0.15) is 30.4 Å². The molecule has 0 radical (unpaired) electrons. The summed E-state index contributed by atoms with van der Waals surface area (Å²) in [5.74, 6) is 1.12. The Hall–Kier alpha value is -3.87. The molecule has 0 saturated carbocycles. The van der Waals surface area contributed by atoms with Crippen LogP contribution in [0.5, 0.6) is 11.5 Å². The van der Waals surface area contributed by atoms with Crippen LogP contribution in [0.4, 0.5) is 0 Å². The monoisotopic (exact) mass is 583 g/mol. The molecule has 6 nitrogen and oxygen atoms in total. The zero-order chi connectivity index (χ0) is 30.4. The molecule has 4 rings (SSSR count). The Morgan fingerprint density at radius 1 is 0.907 bits per heavy atom. The molecular weight excluding hydrogens is 538 g/mol. The molecule has 228 valence electrons. The number of unbranched alkanes of at least 4 members (excludes halogenated alkanes) is 3. The highest BCUT2D eigenvalue weighted by molar-refractivity contribution is 5.69. The van der Waals surface area contributed by atoms with E-state index in [1.165, 1.54) is 29.6 Å². The van der Waals surface area contributed by atoms with Gasteiger partial charge in [0.2, 0.25) is 0 Å². The van der Waals surface area contributed by atoms with Crippen LogP contribution < -0.4 is 14.8 Å². The zero-order valence-electron chi connectivity index (χ0n) is 25.4. The van der Waals surface area contributed by atoms with Crippen LogP contribution in [0, 0.1) is 5.92 Å². The minimum Gasteiger partial charge on any atom is -0.489 e. The van der Waals surface area contributed by atoms with Crippen LogP contribution in [-0.2, 0) is 4.79 Å². The number of nitrogens with one attached hydrogen (secondary N) is 1. The molecule has 3 unspecified atom stereocenters. The highest BCUT2D eigenvalue weighted by Crippen LogP contribution is 2.32. The summed E-state index contributed by atoms with van der Waals surface area (Å²) in [6.07, 6.45) is 9.83. The van der Waals surface area contributed by atoms with E-state index in [0.717, 1.165) is 42.7 Å². The van der Waals surface area contributed by atoms with Gasteiger partial charge < -0.3 is 19.7 Å². The standard InChI is InChI=1S/C37H45NO5/c1-3-4-5-9-12-35(29-13-15-30(16-14-29)37(41)38-24-23-36(39)40)43-34-21-19-33(20-22-34)42-26-32-18-17-31(25-27(32)2)28-10-7-6-8-11-28/h6-8,10-11,13-22,27,35,37-38,41H,3-5,9,12,23-26H2,1-2H3,(H,39,40). The minimum absolute atomic E-state index is 0.0451. The van der Waals surface area contributed by atoms with Gasteiger partial charge in [-0.3, -0.25) is 10.1 Å². The van der Waals surface area contributed by atoms with E-state index in [2.05, 4.69) is 55.6 Å². The molecule has 0 fully saturated rings. The van der Waals surface area contributed by atoms with Crippen LogP contribution in [0.2, 0.25) is 0 Å². The molecule has 3 atom stereocenters. The molecule has 0 aliphatic heterocycles. The van der Waals surface area contributed by atoms with Gasteiger partial charge in [-0.05, 0) is 77.3 Å². The molecule has 6 heteroatoms. The molecular formula is C37H45NO5. The summed E-state index contributed by atoms with van der Waals surface area (Å²) in [4.78, 5) is 10.7. The number of aliphatic hydroxyl groups is 1. The number of rotatable bonds is 17. The normalized spacial score (nSPS) is 16.1. The van der Waals surface area contributed by atoms with Crippen molar-refractivity contribution in [1.82, 2.24) is 5.32 Å². The Balaban J connectivity index is 1.35. The Morgan fingerprint density at radius 2 is 1.60 bits per heavy atom. The lowest BCUT2D eigenvalue weighted by Crippen LogP contribution is -2.23. The fraction of sp³-hybridized carbons (Fsp3) is 0.378. The van der Waals surface area contributed by atoms with E-state index < -0.39 is 12.2 Å². The lowest BCUT2D eigenvalue weighted by molar-refractivity contribution is -0.137. The number of hydrogen-bond donors (Lipinski definition) is 3. The number of carboxylic acid groups (broad SMARTS) is 1. The summed E-state index contributed by atoms with van der Waals surface area (Å²) in [5, 5.41) is 22.0. The number of ether oxygens (including phenoxy) is 2. The van der Waals surface area contributed by atoms with Crippen molar-refractivity contribution in [1.29, 1.82) is 0 Å². The molecule has 0 spiro atoms. The number of hydrogen-bond acceptors (Lipinski definition) is 5. The van der Waals surface area contributed by atoms with Crippen LogP contribution >= 0.6 is 0 Å². The van der Waals surface area contributed by atoms with Crippen molar-refractivity contribution < 1.29 is 24.5 Å². The summed E-state index contributed by atoms with van der Waals surface area (Å²) in [5.41, 5.74) is 5.66. The number of carbonyl (C=O) groups is 1. The topological polar surface area (TPSA) is 88.0 Å². The molecule has 43 heavy (non-hydrogen) atoms. The molecule has 1 aliphatic carbocycles. The quantitative estimate of drug-likeness (QED) is 0.110. The van der Waals surface area contributed by atoms with Gasteiger partial charge in [0.25, 0.3) is 0 Å². The van der Waals surface area contributed by atoms with Gasteiger partial charge in [0.15, 0.2) is 0 Å². The number of benzene rings is 3. The van der Waals surface area contributed by atoms with Crippen LogP contribution in [0.25, 0.3) is 5.57 Å². The van der Waals surface area contributed by atoms with E-state index in [1.54, 1.807) is 0 Å². The van der Waals surface area contributed by atoms with Gasteiger partial charge >= 0.3 is 5.97 Å². The van der Waals surface area contributed by atoms with Gasteiger partial charge in [0, 0.05) is 6.54 Å². The van der Waals surface area contributed by atoms with E-state index in [-0.39, 0.29) is 19.1 Å². The third kappa shape index (κ3) is 10.1. The van der Waals surface area contributed by atoms with Gasteiger partial charge in [-0.25, -0.2) is 0 Å². The van der Waals surface area contributed by atoms with Crippen molar-refractivity contribution in [2.24, 2.45) is 5.92 Å². The summed E-state index contributed by atoms with van der Waals surface area (Å²) in [7, 11) is 0. The van der Waals surface area contributed by atoms with E-state index >= 15 is 0 Å². The zero-order valence-corrected chi connectivity index (χ0v) is 25.4. The van der Waals surface area contributed by atoms with E-state index in [1.807, 2.05) is 54.6 Å². The highest BCUT2D eigenvalue weighted by Gasteiger charge is 2.18. The van der Waals surface area contributed by atoms with Gasteiger partial charge in [0.05, 0.1) is 6.42 Å². The van der Waals surface area contributed by atoms with Crippen molar-refractivity contribution in [2.75, 3.05) is 13.2 Å². The first-order chi connectivity index (χ1) is 20.9. The van der Waals surface area contributed by atoms with Gasteiger partial charge in [-0.2, -0.15) is 0 Å². The predicted molar refractivity (Wildman–Crippen MR) is 172 cm³/mol. The van der Waals surface area contributed by atoms with Crippen molar-refractivity contribution in [2.45, 2.75) is 71.1 Å². The van der Waals surface area contributed by atoms with Crippen LogP contribution in [-0.4, -0.2) is 29.3 Å². The largest absolute Gasteiger partial charge is 0.489 e. The first-order valence-electron chi connectivity index (χ1n) is 15.5. The Kier molecular flexibility index (Phi) is 12.4. The third-order valence-corrected chi connectivity index (χ3v) is 7.93. The minimum atomic E-state index is -0.917. The van der Waals surface area contributed by atoms with Gasteiger partial charge in [-0.1, -0.05) is 99.9 Å². The molecule has 0 bridgehead atoms. The summed E-state index contributed by atoms with van der Waals surface area (Å²) >= 11 is 0. The number of aliphatic carboxylic acids is 1. The molecule has 0 amide bonds. The van der Waals surface area contributed by atoms with Crippen LogP contribution in [0.15, 0.2) is 96.6 Å². The fourth-order valence-electron chi connectivity index (χ4n) is 5.28. The average Bonchev–Trinajstić information content (AvgIpc) is 3.03. The van der Waals surface area contributed by atoms with Crippen molar-refractivity contribution in [3.05, 3.63) is 113 Å². The second-order valence-corrected chi connectivity index (χ2v) is 11.3. The summed E-state index contributed by atoms with van der Waals surface area (Å²) in [6, 6.07) is 26.1. The first kappa shape index (κ1) is 32.1. The second-order valence-electron chi connectivity index (χ2n) is 11.3. The molecule has 0 saturated heterocycles. The SMILES string of the molecule is CCCCCCC(Oc1ccc(OCC2=CC=C(c3ccccc3)CC2C)cc1)c1ccc(C(O)NCCC(=O)O)cc1.